The van der Waals surface area contributed by atoms with Gasteiger partial charge >= 0.3 is 5.69 Å². The van der Waals surface area contributed by atoms with E-state index in [1.165, 1.54) is 0 Å². The molecule has 2 heterocycles. The normalized spacial score (nSPS) is 23.8. The van der Waals surface area contributed by atoms with E-state index in [4.69, 9.17) is 10.5 Å². The zero-order valence-corrected chi connectivity index (χ0v) is 8.88. The van der Waals surface area contributed by atoms with Gasteiger partial charge in [0, 0.05) is 0 Å². The largest absolute Gasteiger partial charge is 0.381 e. The summed E-state index contributed by atoms with van der Waals surface area (Å²) in [6, 6.07) is 0. The molecule has 8 heteroatoms. The lowest BCUT2D eigenvalue weighted by atomic mass is 10.2. The molecule has 92 valence electrons. The van der Waals surface area contributed by atoms with Crippen molar-refractivity contribution in [2.24, 2.45) is 5.18 Å². The third-order valence-corrected chi connectivity index (χ3v) is 2.61. The van der Waals surface area contributed by atoms with E-state index in [0.29, 0.717) is 12.8 Å². The fourth-order valence-corrected chi connectivity index (χ4v) is 1.77. The summed E-state index contributed by atoms with van der Waals surface area (Å²) in [6.07, 6.45) is 1.12. The lowest BCUT2D eigenvalue weighted by molar-refractivity contribution is 0.00326. The van der Waals surface area contributed by atoms with E-state index in [9.17, 15) is 14.1 Å². The van der Waals surface area contributed by atoms with Gasteiger partial charge in [-0.2, -0.15) is 9.89 Å². The van der Waals surface area contributed by atoms with Crippen LogP contribution in [0.2, 0.25) is 0 Å². The molecule has 1 aliphatic heterocycles. The van der Waals surface area contributed by atoms with E-state index in [-0.39, 0.29) is 12.6 Å². The van der Waals surface area contributed by atoms with Gasteiger partial charge < -0.3 is 10.5 Å². The Bertz CT molecular complexity index is 490. The molecule has 1 aromatic rings. The van der Waals surface area contributed by atoms with E-state index in [2.05, 4.69) is 10.2 Å². The number of nitrogens with zero attached hydrogens (tertiary/aromatic N) is 3. The lowest BCUT2D eigenvalue weighted by Crippen LogP contribution is -2.28. The van der Waals surface area contributed by atoms with E-state index < -0.39 is 23.6 Å². The SMILES string of the molecule is Nc1nc(=O)n([C@@H]2CC[C@H](CN=O)O2)cc1F. The number of hydrogen-bond donors (Lipinski definition) is 1. The van der Waals surface area contributed by atoms with Gasteiger partial charge in [-0.05, 0) is 12.8 Å². The van der Waals surface area contributed by atoms with Gasteiger partial charge in [0.25, 0.3) is 0 Å². The molecule has 2 N–H and O–H groups in total. The Hall–Kier alpha value is -1.83. The van der Waals surface area contributed by atoms with Gasteiger partial charge in [-0.15, -0.1) is 0 Å². The quantitative estimate of drug-likeness (QED) is 0.774. The molecular weight excluding hydrogens is 231 g/mol. The Morgan fingerprint density at radius 3 is 3.12 bits per heavy atom. The molecule has 0 bridgehead atoms. The first-order chi connectivity index (χ1) is 8.11. The van der Waals surface area contributed by atoms with Crippen LogP contribution in [-0.4, -0.2) is 22.2 Å². The number of halogens is 1. The van der Waals surface area contributed by atoms with Gasteiger partial charge in [-0.1, -0.05) is 5.18 Å². The molecule has 0 unspecified atom stereocenters. The molecule has 17 heavy (non-hydrogen) atoms. The molecule has 1 aliphatic rings. The van der Waals surface area contributed by atoms with Gasteiger partial charge in [0.05, 0.1) is 12.3 Å². The molecule has 1 aromatic heterocycles. The van der Waals surface area contributed by atoms with Crippen LogP contribution in [0, 0.1) is 10.7 Å². The van der Waals surface area contributed by atoms with Gasteiger partial charge in [-0.3, -0.25) is 4.57 Å². The molecule has 0 saturated carbocycles. The summed E-state index contributed by atoms with van der Waals surface area (Å²) in [5.41, 5.74) is 4.49. The molecule has 0 amide bonds. The summed E-state index contributed by atoms with van der Waals surface area (Å²) >= 11 is 0. The van der Waals surface area contributed by atoms with E-state index in [1.807, 2.05) is 0 Å². The first-order valence-corrected chi connectivity index (χ1v) is 5.10. The Morgan fingerprint density at radius 2 is 2.41 bits per heavy atom. The zero-order chi connectivity index (χ0) is 12.4. The predicted octanol–water partition coefficient (Wildman–Crippen LogP) is 0.409. The van der Waals surface area contributed by atoms with E-state index in [0.717, 1.165) is 10.8 Å². The minimum atomic E-state index is -0.773. The highest BCUT2D eigenvalue weighted by Crippen LogP contribution is 2.27. The molecular formula is C9H11FN4O3. The highest BCUT2D eigenvalue weighted by atomic mass is 19.1. The number of ether oxygens (including phenoxy) is 1. The van der Waals surface area contributed by atoms with Crippen molar-refractivity contribution in [2.45, 2.75) is 25.2 Å². The summed E-state index contributed by atoms with van der Waals surface area (Å²) in [6.45, 7) is 0.0239. The van der Waals surface area contributed by atoms with Crippen LogP contribution in [0.3, 0.4) is 0 Å². The molecule has 2 rings (SSSR count). The molecule has 0 aliphatic carbocycles. The summed E-state index contributed by atoms with van der Waals surface area (Å²) in [5.74, 6) is -1.21. The van der Waals surface area contributed by atoms with Crippen LogP contribution in [0.4, 0.5) is 10.2 Å². The van der Waals surface area contributed by atoms with E-state index in [1.54, 1.807) is 0 Å². The first kappa shape index (κ1) is 11.6. The van der Waals surface area contributed by atoms with Crippen molar-refractivity contribution in [1.29, 1.82) is 0 Å². The number of anilines is 1. The van der Waals surface area contributed by atoms with Crippen molar-refractivity contribution in [2.75, 3.05) is 12.3 Å². The number of nitrogen functional groups attached to an aromatic ring is 1. The monoisotopic (exact) mass is 242 g/mol. The number of nitrogens with two attached hydrogens (primary N) is 1. The molecule has 1 fully saturated rings. The highest BCUT2D eigenvalue weighted by Gasteiger charge is 2.28. The third-order valence-electron chi connectivity index (χ3n) is 2.61. The van der Waals surface area contributed by atoms with Crippen LogP contribution < -0.4 is 11.4 Å². The summed E-state index contributed by atoms with van der Waals surface area (Å²) < 4.78 is 19.6. The molecule has 0 radical (unpaired) electrons. The summed E-state index contributed by atoms with van der Waals surface area (Å²) in [4.78, 5) is 24.9. The maximum atomic E-state index is 13.2. The standard InChI is InChI=1S/C9H11FN4O3/c10-6-4-14(9(15)13-8(6)11)7-2-1-5(17-7)3-12-16/h4-5,7H,1-3H2,(H2,11,13,15)/t5-,7+/m1/s1. The Balaban J connectivity index is 2.21. The van der Waals surface area contributed by atoms with Crippen LogP contribution in [-0.2, 0) is 4.74 Å². The minimum absolute atomic E-state index is 0.0239. The second-order valence-electron chi connectivity index (χ2n) is 3.77. The average molecular weight is 242 g/mol. The minimum Gasteiger partial charge on any atom is -0.381 e. The molecule has 2 atom stereocenters. The van der Waals surface area contributed by atoms with Crippen molar-refractivity contribution in [3.8, 4) is 0 Å². The van der Waals surface area contributed by atoms with Crippen molar-refractivity contribution >= 4 is 5.82 Å². The fourth-order valence-electron chi connectivity index (χ4n) is 1.77. The highest BCUT2D eigenvalue weighted by molar-refractivity contribution is 5.26. The number of rotatable bonds is 3. The van der Waals surface area contributed by atoms with Gasteiger partial charge in [-0.25, -0.2) is 9.18 Å². The summed E-state index contributed by atoms with van der Waals surface area (Å²) in [5, 5.41) is 2.73. The van der Waals surface area contributed by atoms with Crippen LogP contribution in [0.15, 0.2) is 16.2 Å². The molecule has 1 saturated heterocycles. The second-order valence-corrected chi connectivity index (χ2v) is 3.77. The first-order valence-electron chi connectivity index (χ1n) is 5.10. The lowest BCUT2D eigenvalue weighted by Gasteiger charge is -2.14. The topological polar surface area (TPSA) is 99.6 Å². The zero-order valence-electron chi connectivity index (χ0n) is 8.88. The maximum Gasteiger partial charge on any atom is 0.351 e. The van der Waals surface area contributed by atoms with Gasteiger partial charge in [0.1, 0.15) is 12.8 Å². The van der Waals surface area contributed by atoms with Crippen molar-refractivity contribution < 1.29 is 9.13 Å². The predicted molar refractivity (Wildman–Crippen MR) is 56.7 cm³/mol. The second kappa shape index (κ2) is 4.58. The number of nitroso groups, excluding NO2 is 1. The van der Waals surface area contributed by atoms with Crippen molar-refractivity contribution in [1.82, 2.24) is 9.55 Å². The Morgan fingerprint density at radius 1 is 1.65 bits per heavy atom. The van der Waals surface area contributed by atoms with Crippen molar-refractivity contribution in [3.05, 3.63) is 27.4 Å². The van der Waals surface area contributed by atoms with Crippen molar-refractivity contribution in [3.63, 3.8) is 0 Å². The maximum absolute atomic E-state index is 13.2. The van der Waals surface area contributed by atoms with Crippen LogP contribution in [0.5, 0.6) is 0 Å². The smallest absolute Gasteiger partial charge is 0.351 e. The van der Waals surface area contributed by atoms with Gasteiger partial charge in [0.15, 0.2) is 11.6 Å². The van der Waals surface area contributed by atoms with Gasteiger partial charge in [0.2, 0.25) is 0 Å². The Labute approximate surface area is 95.4 Å². The average Bonchev–Trinajstić information content (AvgIpc) is 2.72. The van der Waals surface area contributed by atoms with Crippen LogP contribution >= 0.6 is 0 Å². The molecule has 7 nitrogen and oxygen atoms in total. The molecule has 0 spiro atoms. The van der Waals surface area contributed by atoms with Crippen LogP contribution in [0.1, 0.15) is 19.1 Å². The van der Waals surface area contributed by atoms with E-state index >= 15 is 0 Å². The number of aromatic nitrogens is 2. The Kier molecular flexibility index (Phi) is 3.14. The fraction of sp³-hybridized carbons (Fsp3) is 0.556. The summed E-state index contributed by atoms with van der Waals surface area (Å²) in [7, 11) is 0. The number of hydrogen-bond acceptors (Lipinski definition) is 6. The van der Waals surface area contributed by atoms with Crippen LogP contribution in [0.25, 0.3) is 0 Å². The molecule has 0 aromatic carbocycles. The third kappa shape index (κ3) is 2.31.